The number of anilines is 1. The minimum absolute atomic E-state index is 1.15. The van der Waals surface area contributed by atoms with Gasteiger partial charge in [-0.05, 0) is 30.5 Å². The van der Waals surface area contributed by atoms with E-state index in [1.54, 1.807) is 0 Å². The molecule has 1 aromatic rings. The first-order valence-electron chi connectivity index (χ1n) is 6.13. The largest absolute Gasteiger partial charge is 0.358 e. The van der Waals surface area contributed by atoms with Crippen LogP contribution in [0.15, 0.2) is 42.1 Å². The lowest BCUT2D eigenvalue weighted by Gasteiger charge is -2.11. The van der Waals surface area contributed by atoms with Gasteiger partial charge in [-0.25, -0.2) is 0 Å². The summed E-state index contributed by atoms with van der Waals surface area (Å²) >= 11 is 0. The summed E-state index contributed by atoms with van der Waals surface area (Å²) in [5.74, 6) is 0. The fourth-order valence-electron chi connectivity index (χ4n) is 1.95. The number of unbranched alkanes of at least 4 members (excludes halogenated alkanes) is 2. The average Bonchev–Trinajstić information content (AvgIpc) is 2.51. The van der Waals surface area contributed by atoms with Gasteiger partial charge in [0.15, 0.2) is 0 Å². The summed E-state index contributed by atoms with van der Waals surface area (Å²) in [6, 6.07) is 8.43. The van der Waals surface area contributed by atoms with Crippen LogP contribution in [0.2, 0.25) is 0 Å². The van der Waals surface area contributed by atoms with Crippen LogP contribution in [-0.2, 0) is 0 Å². The summed E-state index contributed by atoms with van der Waals surface area (Å²) in [5.41, 5.74) is 3.82. The number of allylic oxidation sites excluding steroid dienone is 3. The molecule has 1 aliphatic heterocycles. The van der Waals surface area contributed by atoms with E-state index in [0.29, 0.717) is 0 Å². The van der Waals surface area contributed by atoms with Crippen LogP contribution in [-0.4, -0.2) is 0 Å². The maximum absolute atomic E-state index is 3.52. The number of para-hydroxylation sites is 1. The third-order valence-electron chi connectivity index (χ3n) is 2.88. The second kappa shape index (κ2) is 5.55. The van der Waals surface area contributed by atoms with E-state index in [2.05, 4.69) is 54.7 Å². The SMILES string of the molecule is CCCCCC1=CC=Cc2ccccc2N1. The van der Waals surface area contributed by atoms with Crippen molar-refractivity contribution in [3.8, 4) is 0 Å². The Morgan fingerprint density at radius 1 is 1.12 bits per heavy atom. The standard InChI is InChI=1S/C15H19N/c1-2-3-4-10-14-11-7-9-13-8-5-6-12-15(13)16-14/h5-9,11-12,16H,2-4,10H2,1H3. The van der Waals surface area contributed by atoms with Crippen molar-refractivity contribution in [3.63, 3.8) is 0 Å². The van der Waals surface area contributed by atoms with Crippen molar-refractivity contribution in [1.82, 2.24) is 0 Å². The number of nitrogens with one attached hydrogen (secondary N) is 1. The molecule has 0 aliphatic carbocycles. The van der Waals surface area contributed by atoms with E-state index in [-0.39, 0.29) is 0 Å². The van der Waals surface area contributed by atoms with Gasteiger partial charge in [0.25, 0.3) is 0 Å². The van der Waals surface area contributed by atoms with Crippen LogP contribution < -0.4 is 5.32 Å². The highest BCUT2D eigenvalue weighted by Crippen LogP contribution is 2.23. The summed E-state index contributed by atoms with van der Waals surface area (Å²) in [7, 11) is 0. The molecule has 0 atom stereocenters. The van der Waals surface area contributed by atoms with Gasteiger partial charge >= 0.3 is 0 Å². The van der Waals surface area contributed by atoms with E-state index >= 15 is 0 Å². The number of hydrogen-bond acceptors (Lipinski definition) is 1. The third kappa shape index (κ3) is 2.75. The van der Waals surface area contributed by atoms with Crippen molar-refractivity contribution in [2.75, 3.05) is 5.32 Å². The van der Waals surface area contributed by atoms with Gasteiger partial charge in [0.1, 0.15) is 0 Å². The average molecular weight is 213 g/mol. The number of fused-ring (bicyclic) bond motifs is 1. The second-order valence-electron chi connectivity index (χ2n) is 4.22. The summed E-state index contributed by atoms with van der Waals surface area (Å²) in [5, 5.41) is 3.52. The van der Waals surface area contributed by atoms with Gasteiger partial charge in [0, 0.05) is 11.4 Å². The van der Waals surface area contributed by atoms with E-state index in [1.165, 1.54) is 36.2 Å². The Bertz CT molecular complexity index is 402. The third-order valence-corrected chi connectivity index (χ3v) is 2.88. The molecule has 0 amide bonds. The van der Waals surface area contributed by atoms with E-state index in [0.717, 1.165) is 6.42 Å². The van der Waals surface area contributed by atoms with Crippen molar-refractivity contribution in [2.24, 2.45) is 0 Å². The summed E-state index contributed by atoms with van der Waals surface area (Å²) < 4.78 is 0. The van der Waals surface area contributed by atoms with Crippen molar-refractivity contribution in [2.45, 2.75) is 32.6 Å². The Balaban J connectivity index is 2.04. The first kappa shape index (κ1) is 11.0. The summed E-state index contributed by atoms with van der Waals surface area (Å²) in [4.78, 5) is 0. The molecule has 1 aromatic carbocycles. The van der Waals surface area contributed by atoms with Gasteiger partial charge in [0.2, 0.25) is 0 Å². The minimum atomic E-state index is 1.15. The molecule has 1 aliphatic rings. The topological polar surface area (TPSA) is 12.0 Å². The van der Waals surface area contributed by atoms with Gasteiger partial charge in [-0.2, -0.15) is 0 Å². The maximum Gasteiger partial charge on any atom is 0.0455 e. The lowest BCUT2D eigenvalue weighted by molar-refractivity contribution is 0.715. The zero-order chi connectivity index (χ0) is 11.2. The second-order valence-corrected chi connectivity index (χ2v) is 4.22. The van der Waals surface area contributed by atoms with E-state index in [9.17, 15) is 0 Å². The Morgan fingerprint density at radius 3 is 2.88 bits per heavy atom. The summed E-state index contributed by atoms with van der Waals surface area (Å²) in [6.07, 6.45) is 11.5. The molecule has 0 saturated heterocycles. The molecule has 0 radical (unpaired) electrons. The van der Waals surface area contributed by atoms with Gasteiger partial charge in [-0.15, -0.1) is 0 Å². The van der Waals surface area contributed by atoms with E-state index in [1.807, 2.05) is 0 Å². The molecule has 84 valence electrons. The molecule has 0 spiro atoms. The van der Waals surface area contributed by atoms with Crippen molar-refractivity contribution < 1.29 is 0 Å². The zero-order valence-corrected chi connectivity index (χ0v) is 9.87. The molecule has 0 unspecified atom stereocenters. The molecule has 0 bridgehead atoms. The fraction of sp³-hybridized carbons (Fsp3) is 0.333. The number of hydrogen-bond donors (Lipinski definition) is 1. The van der Waals surface area contributed by atoms with E-state index < -0.39 is 0 Å². The molecule has 1 nitrogen and oxygen atoms in total. The van der Waals surface area contributed by atoms with E-state index in [4.69, 9.17) is 0 Å². The quantitative estimate of drug-likeness (QED) is 0.721. The van der Waals surface area contributed by atoms with Crippen LogP contribution in [0.3, 0.4) is 0 Å². The van der Waals surface area contributed by atoms with Gasteiger partial charge in [0.05, 0.1) is 0 Å². The number of benzene rings is 1. The van der Waals surface area contributed by atoms with Crippen LogP contribution in [0.25, 0.3) is 6.08 Å². The Hall–Kier alpha value is -1.50. The molecular weight excluding hydrogens is 194 g/mol. The van der Waals surface area contributed by atoms with Crippen molar-refractivity contribution in [1.29, 1.82) is 0 Å². The Kier molecular flexibility index (Phi) is 3.81. The Labute approximate surface area is 97.9 Å². The van der Waals surface area contributed by atoms with Crippen LogP contribution in [0.5, 0.6) is 0 Å². The lowest BCUT2D eigenvalue weighted by atomic mass is 10.1. The molecule has 0 saturated carbocycles. The molecule has 1 N–H and O–H groups in total. The van der Waals surface area contributed by atoms with Gasteiger partial charge < -0.3 is 5.32 Å². The van der Waals surface area contributed by atoms with Crippen LogP contribution >= 0.6 is 0 Å². The molecule has 1 heterocycles. The molecule has 0 fully saturated rings. The first-order valence-corrected chi connectivity index (χ1v) is 6.13. The molecular formula is C15H19N. The van der Waals surface area contributed by atoms with Crippen LogP contribution in [0.4, 0.5) is 5.69 Å². The lowest BCUT2D eigenvalue weighted by Crippen LogP contribution is -1.99. The predicted molar refractivity (Wildman–Crippen MR) is 71.3 cm³/mol. The normalized spacial score (nSPS) is 13.7. The molecule has 0 aromatic heterocycles. The molecule has 16 heavy (non-hydrogen) atoms. The maximum atomic E-state index is 3.52. The number of rotatable bonds is 4. The molecule has 1 heteroatoms. The zero-order valence-electron chi connectivity index (χ0n) is 9.87. The predicted octanol–water partition coefficient (Wildman–Crippen LogP) is 4.59. The van der Waals surface area contributed by atoms with Crippen molar-refractivity contribution in [3.05, 3.63) is 47.7 Å². The highest BCUT2D eigenvalue weighted by molar-refractivity contribution is 5.70. The first-order chi connectivity index (χ1) is 7.90. The monoisotopic (exact) mass is 213 g/mol. The van der Waals surface area contributed by atoms with Crippen molar-refractivity contribution >= 4 is 11.8 Å². The van der Waals surface area contributed by atoms with Crippen LogP contribution in [0, 0.1) is 0 Å². The van der Waals surface area contributed by atoms with Gasteiger partial charge in [-0.3, -0.25) is 0 Å². The smallest absolute Gasteiger partial charge is 0.0455 e. The Morgan fingerprint density at radius 2 is 2.00 bits per heavy atom. The van der Waals surface area contributed by atoms with Gasteiger partial charge in [-0.1, -0.05) is 50.1 Å². The van der Waals surface area contributed by atoms with Crippen LogP contribution in [0.1, 0.15) is 38.2 Å². The highest BCUT2D eigenvalue weighted by Gasteiger charge is 2.03. The molecule has 2 rings (SSSR count). The summed E-state index contributed by atoms with van der Waals surface area (Å²) in [6.45, 7) is 2.24. The fourth-order valence-corrected chi connectivity index (χ4v) is 1.95. The highest BCUT2D eigenvalue weighted by atomic mass is 14.9. The minimum Gasteiger partial charge on any atom is -0.358 e.